The molecular weight excluding hydrogens is 419 g/mol. The van der Waals surface area contributed by atoms with Gasteiger partial charge in [-0.2, -0.15) is 0 Å². The van der Waals surface area contributed by atoms with Gasteiger partial charge < -0.3 is 15.5 Å². The number of hydrogen-bond acceptors (Lipinski definition) is 3. The van der Waals surface area contributed by atoms with Crippen molar-refractivity contribution in [2.45, 2.75) is 39.7 Å². The number of halogens is 1. The lowest BCUT2D eigenvalue weighted by molar-refractivity contribution is 0.261. The molecule has 0 saturated heterocycles. The molecule has 2 N–H and O–H groups in total. The fraction of sp³-hybridized carbons (Fsp3) is 0.706. The number of rotatable bonds is 9. The maximum absolute atomic E-state index is 4.76. The van der Waals surface area contributed by atoms with Gasteiger partial charge in [0.05, 0.1) is 6.54 Å². The number of thiophene rings is 1. The molecular formula is C17H33IN4S. The summed E-state index contributed by atoms with van der Waals surface area (Å²) in [7, 11) is 4.28. The molecule has 0 spiro atoms. The topological polar surface area (TPSA) is 39.7 Å². The van der Waals surface area contributed by atoms with Crippen LogP contribution in [-0.2, 0) is 6.42 Å². The van der Waals surface area contributed by atoms with Crippen LogP contribution in [0.1, 0.15) is 32.1 Å². The van der Waals surface area contributed by atoms with Crippen LogP contribution >= 0.6 is 35.3 Å². The van der Waals surface area contributed by atoms with E-state index in [1.165, 1.54) is 11.3 Å². The van der Waals surface area contributed by atoms with Gasteiger partial charge in [-0.3, -0.25) is 4.99 Å². The highest BCUT2D eigenvalue weighted by Gasteiger charge is 2.13. The zero-order valence-corrected chi connectivity index (χ0v) is 18.3. The van der Waals surface area contributed by atoms with Crippen LogP contribution in [0.2, 0.25) is 0 Å². The summed E-state index contributed by atoms with van der Waals surface area (Å²) in [5.41, 5.74) is 0. The number of likely N-dealkylation sites (N-methyl/N-ethyl adjacent to an activating group) is 1. The van der Waals surface area contributed by atoms with Crippen molar-refractivity contribution in [3.63, 3.8) is 0 Å². The molecule has 1 rings (SSSR count). The van der Waals surface area contributed by atoms with E-state index < -0.39 is 0 Å². The van der Waals surface area contributed by atoms with Crippen LogP contribution < -0.4 is 10.6 Å². The molecule has 0 aliphatic carbocycles. The second kappa shape index (κ2) is 13.0. The van der Waals surface area contributed by atoms with Crippen LogP contribution in [0.4, 0.5) is 0 Å². The molecule has 0 radical (unpaired) electrons. The van der Waals surface area contributed by atoms with Crippen LogP contribution in [0.15, 0.2) is 22.5 Å². The van der Waals surface area contributed by atoms with Crippen molar-refractivity contribution in [3.05, 3.63) is 22.4 Å². The van der Waals surface area contributed by atoms with Crippen LogP contribution in [0.25, 0.3) is 0 Å². The van der Waals surface area contributed by atoms with E-state index in [-0.39, 0.29) is 24.0 Å². The van der Waals surface area contributed by atoms with Gasteiger partial charge >= 0.3 is 0 Å². The van der Waals surface area contributed by atoms with Gasteiger partial charge in [-0.25, -0.2) is 0 Å². The first-order valence-electron chi connectivity index (χ1n) is 8.23. The Morgan fingerprint density at radius 2 is 2.04 bits per heavy atom. The largest absolute Gasteiger partial charge is 0.357 e. The van der Waals surface area contributed by atoms with Gasteiger partial charge in [-0.05, 0) is 51.2 Å². The van der Waals surface area contributed by atoms with Crippen molar-refractivity contribution >= 4 is 41.3 Å². The van der Waals surface area contributed by atoms with E-state index in [9.17, 15) is 0 Å². The molecule has 1 atom stereocenters. The Labute approximate surface area is 163 Å². The predicted octanol–water partition coefficient (Wildman–Crippen LogP) is 3.44. The molecule has 6 heteroatoms. The standard InChI is InChI=1S/C17H32N4S.HI/c1-6-18-17(19-10-9-16-8-7-11-22-16)20-13-15(21(4)5)12-14(2)3;/h7-8,11,14-15H,6,9-10,12-13H2,1-5H3,(H2,18,19,20);1H. The molecule has 1 aromatic rings. The Kier molecular flexibility index (Phi) is 12.8. The quantitative estimate of drug-likeness (QED) is 0.343. The van der Waals surface area contributed by atoms with Crippen molar-refractivity contribution in [1.82, 2.24) is 15.5 Å². The number of guanidine groups is 1. The SMILES string of the molecule is CCNC(=NCC(CC(C)C)N(C)C)NCCc1cccs1.I. The summed E-state index contributed by atoms with van der Waals surface area (Å²) in [5, 5.41) is 8.89. The Bertz CT molecular complexity index is 418. The minimum atomic E-state index is 0. The second-order valence-corrected chi connectivity index (χ2v) is 7.25. The minimum Gasteiger partial charge on any atom is -0.357 e. The molecule has 1 unspecified atom stereocenters. The zero-order valence-electron chi connectivity index (χ0n) is 15.1. The minimum absolute atomic E-state index is 0. The lowest BCUT2D eigenvalue weighted by Gasteiger charge is -2.24. The summed E-state index contributed by atoms with van der Waals surface area (Å²) >= 11 is 1.81. The van der Waals surface area contributed by atoms with Gasteiger partial charge in [0, 0.05) is 24.0 Å². The molecule has 0 aliphatic rings. The van der Waals surface area contributed by atoms with Crippen molar-refractivity contribution < 1.29 is 0 Å². The summed E-state index contributed by atoms with van der Waals surface area (Å²) in [4.78, 5) is 8.45. The molecule has 0 aliphatic heterocycles. The van der Waals surface area contributed by atoms with E-state index in [4.69, 9.17) is 4.99 Å². The van der Waals surface area contributed by atoms with Gasteiger partial charge in [0.2, 0.25) is 0 Å². The summed E-state index contributed by atoms with van der Waals surface area (Å²) in [6, 6.07) is 4.78. The summed E-state index contributed by atoms with van der Waals surface area (Å²) in [6.45, 7) is 9.29. The van der Waals surface area contributed by atoms with Crippen molar-refractivity contribution in [3.8, 4) is 0 Å². The van der Waals surface area contributed by atoms with Gasteiger partial charge in [0.1, 0.15) is 0 Å². The number of nitrogens with zero attached hydrogens (tertiary/aromatic N) is 2. The van der Waals surface area contributed by atoms with Gasteiger partial charge in [0.25, 0.3) is 0 Å². The highest BCUT2D eigenvalue weighted by Crippen LogP contribution is 2.10. The van der Waals surface area contributed by atoms with E-state index >= 15 is 0 Å². The molecule has 23 heavy (non-hydrogen) atoms. The van der Waals surface area contributed by atoms with Crippen LogP contribution in [0.3, 0.4) is 0 Å². The first-order chi connectivity index (χ1) is 10.5. The first kappa shape index (κ1) is 22.7. The second-order valence-electron chi connectivity index (χ2n) is 6.22. The monoisotopic (exact) mass is 452 g/mol. The third-order valence-electron chi connectivity index (χ3n) is 3.52. The lowest BCUT2D eigenvalue weighted by Crippen LogP contribution is -2.40. The lowest BCUT2D eigenvalue weighted by atomic mass is 10.0. The Balaban J connectivity index is 0.00000484. The highest BCUT2D eigenvalue weighted by molar-refractivity contribution is 14.0. The van der Waals surface area contributed by atoms with Crippen LogP contribution in [-0.4, -0.2) is 50.6 Å². The highest BCUT2D eigenvalue weighted by atomic mass is 127. The van der Waals surface area contributed by atoms with E-state index in [1.54, 1.807) is 0 Å². The molecule has 0 fully saturated rings. The average molecular weight is 452 g/mol. The molecule has 0 amide bonds. The molecule has 134 valence electrons. The first-order valence-corrected chi connectivity index (χ1v) is 9.11. The van der Waals surface area contributed by atoms with E-state index in [0.717, 1.165) is 32.0 Å². The van der Waals surface area contributed by atoms with Crippen molar-refractivity contribution in [2.24, 2.45) is 10.9 Å². The maximum atomic E-state index is 4.76. The summed E-state index contributed by atoms with van der Waals surface area (Å²) in [6.07, 6.45) is 2.22. The Hall–Kier alpha value is -0.340. The molecule has 1 heterocycles. The van der Waals surface area contributed by atoms with Crippen molar-refractivity contribution in [2.75, 3.05) is 33.7 Å². The van der Waals surface area contributed by atoms with Gasteiger partial charge in [0.15, 0.2) is 5.96 Å². The van der Waals surface area contributed by atoms with E-state index in [0.29, 0.717) is 12.0 Å². The molecule has 0 bridgehead atoms. The summed E-state index contributed by atoms with van der Waals surface area (Å²) < 4.78 is 0. The Morgan fingerprint density at radius 3 is 2.57 bits per heavy atom. The fourth-order valence-electron chi connectivity index (χ4n) is 2.29. The van der Waals surface area contributed by atoms with E-state index in [1.807, 2.05) is 11.3 Å². The predicted molar refractivity (Wildman–Crippen MR) is 114 cm³/mol. The zero-order chi connectivity index (χ0) is 16.4. The van der Waals surface area contributed by atoms with Gasteiger partial charge in [-0.15, -0.1) is 35.3 Å². The number of aliphatic imine (C=N–C) groups is 1. The molecule has 4 nitrogen and oxygen atoms in total. The van der Waals surface area contributed by atoms with Crippen LogP contribution in [0, 0.1) is 5.92 Å². The number of nitrogens with one attached hydrogen (secondary N) is 2. The molecule has 0 aromatic carbocycles. The van der Waals surface area contributed by atoms with Crippen molar-refractivity contribution in [1.29, 1.82) is 0 Å². The molecule has 1 aromatic heterocycles. The third-order valence-corrected chi connectivity index (χ3v) is 4.46. The summed E-state index contributed by atoms with van der Waals surface area (Å²) in [5.74, 6) is 1.62. The number of hydrogen-bond donors (Lipinski definition) is 2. The normalized spacial score (nSPS) is 13.1. The van der Waals surface area contributed by atoms with Crippen LogP contribution in [0.5, 0.6) is 0 Å². The average Bonchev–Trinajstić information content (AvgIpc) is 2.95. The van der Waals surface area contributed by atoms with Gasteiger partial charge in [-0.1, -0.05) is 19.9 Å². The maximum Gasteiger partial charge on any atom is 0.191 e. The fourth-order valence-corrected chi connectivity index (χ4v) is 3.00. The smallest absolute Gasteiger partial charge is 0.191 e. The Morgan fingerprint density at radius 1 is 1.30 bits per heavy atom. The molecule has 0 saturated carbocycles. The van der Waals surface area contributed by atoms with E-state index in [2.05, 4.69) is 67.9 Å². The third kappa shape index (κ3) is 10.2.